The average Bonchev–Trinajstić information content (AvgIpc) is 2.58. The molecule has 1 aliphatic rings. The first kappa shape index (κ1) is 19.0. The number of benzene rings is 1. The van der Waals surface area contributed by atoms with Crippen LogP contribution < -0.4 is 4.90 Å². The van der Waals surface area contributed by atoms with Gasteiger partial charge < -0.3 is 19.1 Å². The Morgan fingerprint density at radius 2 is 1.71 bits per heavy atom. The number of ether oxygens (including phenoxy) is 3. The molecule has 1 heterocycles. The molecule has 0 unspecified atom stereocenters. The summed E-state index contributed by atoms with van der Waals surface area (Å²) in [5.74, 6) is -1.24. The molecule has 0 radical (unpaired) electrons. The van der Waals surface area contributed by atoms with Gasteiger partial charge in [0, 0.05) is 8.95 Å². The maximum atomic E-state index is 12.3. The van der Waals surface area contributed by atoms with E-state index in [2.05, 4.69) is 31.9 Å². The molecule has 24 heavy (non-hydrogen) atoms. The van der Waals surface area contributed by atoms with Crippen LogP contribution in [0.2, 0.25) is 0 Å². The van der Waals surface area contributed by atoms with Gasteiger partial charge in [0.1, 0.15) is 12.4 Å². The van der Waals surface area contributed by atoms with Crippen molar-refractivity contribution in [2.75, 3.05) is 32.5 Å². The zero-order chi connectivity index (χ0) is 18.0. The molecule has 0 amide bonds. The molecular weight excluding hydrogens is 446 g/mol. The summed E-state index contributed by atoms with van der Waals surface area (Å²) in [5, 5.41) is 0. The molecule has 2 rings (SSSR count). The average molecular weight is 463 g/mol. The van der Waals surface area contributed by atoms with E-state index in [0.717, 1.165) is 25.8 Å². The molecule has 0 aromatic heterocycles. The normalized spacial score (nSPS) is 14.7. The summed E-state index contributed by atoms with van der Waals surface area (Å²) in [7, 11) is 2.53. The van der Waals surface area contributed by atoms with Crippen LogP contribution in [0, 0.1) is 13.8 Å². The van der Waals surface area contributed by atoms with E-state index in [1.807, 2.05) is 19.9 Å². The number of rotatable bonds is 3. The van der Waals surface area contributed by atoms with Crippen molar-refractivity contribution in [1.82, 2.24) is 0 Å². The predicted octanol–water partition coefficient (Wildman–Crippen LogP) is 3.22. The quantitative estimate of drug-likeness (QED) is 0.642. The molecule has 130 valence electrons. The fourth-order valence-corrected chi connectivity index (χ4v) is 4.05. The van der Waals surface area contributed by atoms with E-state index >= 15 is 0 Å². The molecule has 6 nitrogen and oxygen atoms in total. The minimum atomic E-state index is -0.622. The number of nitrogens with zero attached hydrogens (tertiary/aromatic N) is 1. The van der Waals surface area contributed by atoms with Crippen LogP contribution in [0.1, 0.15) is 11.1 Å². The van der Waals surface area contributed by atoms with Crippen molar-refractivity contribution in [3.05, 3.63) is 37.4 Å². The van der Waals surface area contributed by atoms with E-state index in [1.54, 1.807) is 4.90 Å². The Morgan fingerprint density at radius 1 is 1.08 bits per heavy atom. The minimum Gasteiger partial charge on any atom is -0.466 e. The molecule has 0 fully saturated rings. The van der Waals surface area contributed by atoms with Crippen molar-refractivity contribution in [2.45, 2.75) is 13.8 Å². The molecule has 0 N–H and O–H groups in total. The van der Waals surface area contributed by atoms with Crippen LogP contribution in [0.3, 0.4) is 0 Å². The van der Waals surface area contributed by atoms with Gasteiger partial charge in [-0.15, -0.1) is 0 Å². The number of carbonyl (C=O) groups is 2. The number of anilines is 1. The summed E-state index contributed by atoms with van der Waals surface area (Å²) >= 11 is 7.02. The van der Waals surface area contributed by atoms with Crippen LogP contribution in [0.5, 0.6) is 0 Å². The Labute approximate surface area is 157 Å². The second-order valence-corrected chi connectivity index (χ2v) is 6.86. The monoisotopic (exact) mass is 461 g/mol. The van der Waals surface area contributed by atoms with E-state index in [9.17, 15) is 9.59 Å². The maximum absolute atomic E-state index is 12.3. The van der Waals surface area contributed by atoms with Gasteiger partial charge in [-0.3, -0.25) is 0 Å². The van der Waals surface area contributed by atoms with Gasteiger partial charge in [-0.25, -0.2) is 9.59 Å². The highest BCUT2D eigenvalue weighted by Crippen LogP contribution is 2.39. The maximum Gasteiger partial charge on any atom is 0.355 e. The highest BCUT2D eigenvalue weighted by atomic mass is 79.9. The fourth-order valence-electron chi connectivity index (χ4n) is 2.48. The Kier molecular flexibility index (Phi) is 6.06. The Balaban J connectivity index is 2.71. The number of esters is 2. The summed E-state index contributed by atoms with van der Waals surface area (Å²) in [4.78, 5) is 26.0. The van der Waals surface area contributed by atoms with Crippen LogP contribution >= 0.6 is 31.9 Å². The van der Waals surface area contributed by atoms with Gasteiger partial charge in [-0.05, 0) is 47.0 Å². The summed E-state index contributed by atoms with van der Waals surface area (Å²) < 4.78 is 16.8. The lowest BCUT2D eigenvalue weighted by atomic mass is 10.1. The van der Waals surface area contributed by atoms with Crippen molar-refractivity contribution in [2.24, 2.45) is 0 Å². The summed E-state index contributed by atoms with van der Waals surface area (Å²) in [6.07, 6.45) is 0. The van der Waals surface area contributed by atoms with Crippen molar-refractivity contribution < 1.29 is 23.8 Å². The van der Waals surface area contributed by atoms with Crippen LogP contribution in [0.25, 0.3) is 0 Å². The van der Waals surface area contributed by atoms with E-state index in [0.29, 0.717) is 0 Å². The zero-order valence-electron chi connectivity index (χ0n) is 13.7. The highest BCUT2D eigenvalue weighted by molar-refractivity contribution is 9.11. The lowest BCUT2D eigenvalue weighted by Gasteiger charge is -2.33. The SMILES string of the molecule is COC(=O)C1=C(C(=O)OC)N(c2c(Br)cc(Br)c(C)c2C)COC1. The minimum absolute atomic E-state index is 0.0141. The molecule has 0 atom stereocenters. The van der Waals surface area contributed by atoms with Crippen LogP contribution in [-0.2, 0) is 23.8 Å². The van der Waals surface area contributed by atoms with Crippen LogP contribution in [-0.4, -0.2) is 39.5 Å². The van der Waals surface area contributed by atoms with Crippen molar-refractivity contribution in [3.8, 4) is 0 Å². The topological polar surface area (TPSA) is 65.1 Å². The summed E-state index contributed by atoms with van der Waals surface area (Å²) in [6.45, 7) is 4.00. The van der Waals surface area contributed by atoms with Gasteiger partial charge in [0.05, 0.1) is 32.1 Å². The molecule has 1 aliphatic heterocycles. The second-order valence-electron chi connectivity index (χ2n) is 5.15. The zero-order valence-corrected chi connectivity index (χ0v) is 16.9. The van der Waals surface area contributed by atoms with E-state index < -0.39 is 11.9 Å². The Hall–Kier alpha value is -1.38. The Bertz CT molecular complexity index is 730. The first-order valence-corrected chi connectivity index (χ1v) is 8.62. The van der Waals surface area contributed by atoms with Crippen LogP contribution in [0.4, 0.5) is 5.69 Å². The third kappa shape index (κ3) is 3.36. The highest BCUT2D eigenvalue weighted by Gasteiger charge is 2.34. The van der Waals surface area contributed by atoms with Gasteiger partial charge in [0.15, 0.2) is 0 Å². The number of carbonyl (C=O) groups excluding carboxylic acids is 2. The van der Waals surface area contributed by atoms with Gasteiger partial charge in [0.2, 0.25) is 0 Å². The molecular formula is C16H17Br2NO5. The predicted molar refractivity (Wildman–Crippen MR) is 95.7 cm³/mol. The third-order valence-electron chi connectivity index (χ3n) is 3.86. The molecule has 8 heteroatoms. The molecule has 0 saturated heterocycles. The molecule has 1 aromatic carbocycles. The lowest BCUT2D eigenvalue weighted by Crippen LogP contribution is -2.39. The largest absolute Gasteiger partial charge is 0.466 e. The second kappa shape index (κ2) is 7.67. The number of methoxy groups -OCH3 is 2. The molecule has 1 aromatic rings. The molecule has 0 bridgehead atoms. The molecule has 0 saturated carbocycles. The number of halogens is 2. The van der Waals surface area contributed by atoms with Gasteiger partial charge >= 0.3 is 11.9 Å². The Morgan fingerprint density at radius 3 is 2.29 bits per heavy atom. The number of hydrogen-bond donors (Lipinski definition) is 0. The van der Waals surface area contributed by atoms with Crippen molar-refractivity contribution >= 4 is 49.5 Å². The first-order chi connectivity index (χ1) is 11.3. The fraction of sp³-hybridized carbons (Fsp3) is 0.375. The van der Waals surface area contributed by atoms with Gasteiger partial charge in [0.25, 0.3) is 0 Å². The van der Waals surface area contributed by atoms with Crippen molar-refractivity contribution in [1.29, 1.82) is 0 Å². The standard InChI is InChI=1S/C16H17Br2NO5/c1-8-9(2)13(12(18)5-11(8)17)19-7-24-6-10(15(20)22-3)14(19)16(21)23-4/h5H,6-7H2,1-4H3. The third-order valence-corrected chi connectivity index (χ3v) is 5.29. The summed E-state index contributed by atoms with van der Waals surface area (Å²) in [6, 6.07) is 1.89. The lowest BCUT2D eigenvalue weighted by molar-refractivity contribution is -0.140. The van der Waals surface area contributed by atoms with Crippen molar-refractivity contribution in [3.63, 3.8) is 0 Å². The molecule has 0 spiro atoms. The van der Waals surface area contributed by atoms with Gasteiger partial charge in [-0.1, -0.05) is 15.9 Å². The molecule has 0 aliphatic carbocycles. The van der Waals surface area contributed by atoms with Gasteiger partial charge in [-0.2, -0.15) is 0 Å². The summed E-state index contributed by atoms with van der Waals surface area (Å²) in [5.41, 5.74) is 2.94. The van der Waals surface area contributed by atoms with E-state index in [1.165, 1.54) is 14.2 Å². The van der Waals surface area contributed by atoms with Crippen LogP contribution in [0.15, 0.2) is 26.3 Å². The van der Waals surface area contributed by atoms with E-state index in [4.69, 9.17) is 14.2 Å². The number of hydrogen-bond acceptors (Lipinski definition) is 6. The smallest absolute Gasteiger partial charge is 0.355 e. The van der Waals surface area contributed by atoms with E-state index in [-0.39, 0.29) is 24.6 Å². The first-order valence-electron chi connectivity index (χ1n) is 7.03.